The number of rotatable bonds is 4. The van der Waals surface area contributed by atoms with Gasteiger partial charge in [0.05, 0.1) is 11.2 Å². The van der Waals surface area contributed by atoms with E-state index in [4.69, 9.17) is 9.31 Å². The summed E-state index contributed by atoms with van der Waals surface area (Å²) >= 11 is 0. The van der Waals surface area contributed by atoms with Gasteiger partial charge in [0.15, 0.2) is 0 Å². The van der Waals surface area contributed by atoms with Gasteiger partial charge in [-0.15, -0.1) is 0 Å². The fourth-order valence-corrected chi connectivity index (χ4v) is 2.49. The summed E-state index contributed by atoms with van der Waals surface area (Å²) < 4.78 is 12.3. The van der Waals surface area contributed by atoms with Crippen molar-refractivity contribution in [1.82, 2.24) is 0 Å². The van der Waals surface area contributed by atoms with Crippen molar-refractivity contribution in [1.29, 1.82) is 0 Å². The molecule has 4 nitrogen and oxygen atoms in total. The molecule has 25 heavy (non-hydrogen) atoms. The van der Waals surface area contributed by atoms with Crippen LogP contribution in [0.15, 0.2) is 42.0 Å². The summed E-state index contributed by atoms with van der Waals surface area (Å²) in [6, 6.07) is 5.80. The minimum atomic E-state index is -0.443. The third-order valence-corrected chi connectivity index (χ3v) is 4.94. The van der Waals surface area contributed by atoms with Crippen LogP contribution < -0.4 is 10.8 Å². The average molecular weight is 341 g/mol. The molecule has 1 aliphatic rings. The standard InChI is InChI=1S/C20H28BNO3/c1-8-9-10-15(3)18(23)22-16-12-11-14(2)17(13-16)21-24-19(4,5)20(6,7)25-21/h8-13H,1-7H3,(H,22,23). The maximum absolute atomic E-state index is 12.3. The summed E-state index contributed by atoms with van der Waals surface area (Å²) in [7, 11) is -0.443. The Labute approximate surface area is 151 Å². The Hall–Kier alpha value is -1.85. The highest BCUT2D eigenvalue weighted by Crippen LogP contribution is 2.36. The van der Waals surface area contributed by atoms with E-state index < -0.39 is 18.3 Å². The van der Waals surface area contributed by atoms with Crippen molar-refractivity contribution in [3.8, 4) is 0 Å². The van der Waals surface area contributed by atoms with E-state index in [-0.39, 0.29) is 5.91 Å². The first-order valence-electron chi connectivity index (χ1n) is 8.64. The quantitative estimate of drug-likeness (QED) is 0.515. The lowest BCUT2D eigenvalue weighted by atomic mass is 9.76. The molecule has 2 rings (SSSR count). The number of anilines is 1. The molecule has 1 aromatic carbocycles. The lowest BCUT2D eigenvalue weighted by Crippen LogP contribution is -2.41. The maximum atomic E-state index is 12.3. The SMILES string of the molecule is CC=CC=C(C)C(=O)Nc1ccc(C)c(B2OC(C)(C)C(C)(C)O2)c1. The molecule has 0 aliphatic carbocycles. The second kappa shape index (κ2) is 7.18. The van der Waals surface area contributed by atoms with Gasteiger partial charge >= 0.3 is 7.12 Å². The molecule has 0 bridgehead atoms. The predicted octanol–water partition coefficient (Wildman–Crippen LogP) is 3.76. The van der Waals surface area contributed by atoms with Gasteiger partial charge in [-0.3, -0.25) is 4.79 Å². The predicted molar refractivity (Wildman–Crippen MR) is 104 cm³/mol. The minimum absolute atomic E-state index is 0.123. The summed E-state index contributed by atoms with van der Waals surface area (Å²) in [5, 5.41) is 2.93. The van der Waals surface area contributed by atoms with E-state index in [1.165, 1.54) is 0 Å². The van der Waals surface area contributed by atoms with Gasteiger partial charge in [-0.1, -0.05) is 29.9 Å². The van der Waals surface area contributed by atoms with Gasteiger partial charge in [0, 0.05) is 11.3 Å². The number of amides is 1. The van der Waals surface area contributed by atoms with Gasteiger partial charge in [0.1, 0.15) is 0 Å². The van der Waals surface area contributed by atoms with Crippen LogP contribution in [-0.2, 0) is 14.1 Å². The largest absolute Gasteiger partial charge is 0.495 e. The molecule has 1 aromatic rings. The molecule has 1 fully saturated rings. The van der Waals surface area contributed by atoms with E-state index in [0.717, 1.165) is 16.7 Å². The molecular weight excluding hydrogens is 313 g/mol. The third kappa shape index (κ3) is 4.22. The zero-order valence-corrected chi connectivity index (χ0v) is 16.3. The number of carbonyl (C=O) groups excluding carboxylic acids is 1. The topological polar surface area (TPSA) is 47.6 Å². The molecule has 5 heteroatoms. The second-order valence-electron chi connectivity index (χ2n) is 7.49. The van der Waals surface area contributed by atoms with Crippen LogP contribution in [-0.4, -0.2) is 24.2 Å². The van der Waals surface area contributed by atoms with Gasteiger partial charge < -0.3 is 14.6 Å². The second-order valence-corrected chi connectivity index (χ2v) is 7.49. The zero-order chi connectivity index (χ0) is 18.8. The molecule has 0 spiro atoms. The molecule has 0 radical (unpaired) electrons. The third-order valence-electron chi connectivity index (χ3n) is 4.94. The van der Waals surface area contributed by atoms with Crippen molar-refractivity contribution in [2.24, 2.45) is 0 Å². The van der Waals surface area contributed by atoms with Crippen molar-refractivity contribution in [3.05, 3.63) is 47.6 Å². The monoisotopic (exact) mass is 341 g/mol. The molecule has 1 N–H and O–H groups in total. The first-order valence-corrected chi connectivity index (χ1v) is 8.64. The van der Waals surface area contributed by atoms with E-state index in [1.54, 1.807) is 13.0 Å². The average Bonchev–Trinajstić information content (AvgIpc) is 2.74. The van der Waals surface area contributed by atoms with Crippen LogP contribution in [0, 0.1) is 6.92 Å². The van der Waals surface area contributed by atoms with E-state index >= 15 is 0 Å². The molecule has 0 saturated carbocycles. The fraction of sp³-hybridized carbons (Fsp3) is 0.450. The van der Waals surface area contributed by atoms with Crippen molar-refractivity contribution >= 4 is 24.2 Å². The lowest BCUT2D eigenvalue weighted by molar-refractivity contribution is -0.112. The normalized spacial score (nSPS) is 19.5. The summed E-state index contributed by atoms with van der Waals surface area (Å²) in [5.41, 5.74) is 2.60. The number of benzene rings is 1. The lowest BCUT2D eigenvalue weighted by Gasteiger charge is -2.32. The maximum Gasteiger partial charge on any atom is 0.495 e. The molecule has 0 unspecified atom stereocenters. The van der Waals surface area contributed by atoms with Crippen molar-refractivity contribution in [2.75, 3.05) is 5.32 Å². The molecule has 1 aliphatic heterocycles. The number of carbonyl (C=O) groups is 1. The molecule has 0 aromatic heterocycles. The van der Waals surface area contributed by atoms with E-state index in [0.29, 0.717) is 5.57 Å². The van der Waals surface area contributed by atoms with Gasteiger partial charge in [0.25, 0.3) is 5.91 Å². The minimum Gasteiger partial charge on any atom is -0.399 e. The summed E-state index contributed by atoms with van der Waals surface area (Å²) in [6.07, 6.45) is 5.53. The van der Waals surface area contributed by atoms with Crippen LogP contribution in [0.3, 0.4) is 0 Å². The molecule has 1 heterocycles. The first-order chi connectivity index (χ1) is 11.6. The number of hydrogen-bond acceptors (Lipinski definition) is 3. The smallest absolute Gasteiger partial charge is 0.399 e. The zero-order valence-electron chi connectivity index (χ0n) is 16.3. The Bertz CT molecular complexity index is 704. The van der Waals surface area contributed by atoms with Gasteiger partial charge in [0.2, 0.25) is 0 Å². The highest BCUT2D eigenvalue weighted by molar-refractivity contribution is 6.62. The van der Waals surface area contributed by atoms with Crippen molar-refractivity contribution < 1.29 is 14.1 Å². The highest BCUT2D eigenvalue weighted by atomic mass is 16.7. The van der Waals surface area contributed by atoms with Gasteiger partial charge in [-0.25, -0.2) is 0 Å². The van der Waals surface area contributed by atoms with Crippen LogP contribution >= 0.6 is 0 Å². The highest BCUT2D eigenvalue weighted by Gasteiger charge is 2.52. The Morgan fingerprint density at radius 1 is 1.16 bits per heavy atom. The summed E-state index contributed by atoms with van der Waals surface area (Å²) in [6.45, 7) is 13.8. The number of hydrogen-bond donors (Lipinski definition) is 1. The number of aryl methyl sites for hydroxylation is 1. The van der Waals surface area contributed by atoms with Crippen LogP contribution in [0.2, 0.25) is 0 Å². The molecular formula is C20H28BNO3. The first kappa shape index (κ1) is 19.5. The van der Waals surface area contributed by atoms with Gasteiger partial charge in [-0.2, -0.15) is 0 Å². The van der Waals surface area contributed by atoms with E-state index in [2.05, 4.69) is 5.32 Å². The number of nitrogens with one attached hydrogen (secondary N) is 1. The number of allylic oxidation sites excluding steroid dienone is 3. The van der Waals surface area contributed by atoms with E-state index in [9.17, 15) is 4.79 Å². The van der Waals surface area contributed by atoms with Crippen LogP contribution in [0.25, 0.3) is 0 Å². The fourth-order valence-electron chi connectivity index (χ4n) is 2.49. The van der Waals surface area contributed by atoms with E-state index in [1.807, 2.05) is 71.9 Å². The Morgan fingerprint density at radius 2 is 1.76 bits per heavy atom. The van der Waals surface area contributed by atoms with Crippen LogP contribution in [0.4, 0.5) is 5.69 Å². The Morgan fingerprint density at radius 3 is 2.32 bits per heavy atom. The van der Waals surface area contributed by atoms with Crippen molar-refractivity contribution in [2.45, 2.75) is 59.7 Å². The van der Waals surface area contributed by atoms with Crippen LogP contribution in [0.1, 0.15) is 47.1 Å². The molecule has 0 atom stereocenters. The van der Waals surface area contributed by atoms with Crippen LogP contribution in [0.5, 0.6) is 0 Å². The van der Waals surface area contributed by atoms with Gasteiger partial charge in [-0.05, 0) is 66.1 Å². The van der Waals surface area contributed by atoms with Crippen molar-refractivity contribution in [3.63, 3.8) is 0 Å². The Balaban J connectivity index is 2.23. The molecule has 1 amide bonds. The summed E-state index contributed by atoms with van der Waals surface area (Å²) in [5.74, 6) is -0.123. The molecule has 134 valence electrons. The summed E-state index contributed by atoms with van der Waals surface area (Å²) in [4.78, 5) is 12.3. The molecule has 1 saturated heterocycles. The Kier molecular flexibility index (Phi) is 5.60.